The van der Waals surface area contributed by atoms with Gasteiger partial charge in [-0.05, 0) is 24.3 Å². The Hall–Kier alpha value is -0.0800. The molecule has 0 unspecified atom stereocenters. The molecule has 0 aromatic heterocycles. The average Bonchev–Trinajstić information content (AvgIpc) is 1.82. The summed E-state index contributed by atoms with van der Waals surface area (Å²) in [6, 6.07) is 0.381. The molecule has 0 aliphatic heterocycles. The normalized spacial score (nSPS) is 40.0. The number of hydrogen-bond acceptors (Lipinski definition) is 2. The van der Waals surface area contributed by atoms with Crippen LogP contribution in [0.4, 0.5) is 0 Å². The largest absolute Gasteiger partial charge is 0.330 e. The van der Waals surface area contributed by atoms with E-state index in [0.717, 1.165) is 13.0 Å². The fourth-order valence-corrected chi connectivity index (χ4v) is 1.46. The van der Waals surface area contributed by atoms with E-state index >= 15 is 0 Å². The second kappa shape index (κ2) is 1.96. The van der Waals surface area contributed by atoms with Gasteiger partial charge in [-0.3, -0.25) is 0 Å². The highest BCUT2D eigenvalue weighted by Crippen LogP contribution is 2.43. The summed E-state index contributed by atoms with van der Waals surface area (Å²) in [7, 11) is 0. The van der Waals surface area contributed by atoms with E-state index in [9.17, 15) is 0 Å². The number of hydrogen-bond donors (Lipinski definition) is 2. The molecule has 9 heavy (non-hydrogen) atoms. The SMILES string of the molecule is CC1(C)[C@@H](CN)C[C@@H]1N. The van der Waals surface area contributed by atoms with Gasteiger partial charge in [-0.2, -0.15) is 0 Å². The zero-order chi connectivity index (χ0) is 7.07. The van der Waals surface area contributed by atoms with Crippen LogP contribution < -0.4 is 11.5 Å². The van der Waals surface area contributed by atoms with Crippen molar-refractivity contribution in [2.75, 3.05) is 6.54 Å². The molecule has 1 saturated carbocycles. The van der Waals surface area contributed by atoms with Gasteiger partial charge < -0.3 is 11.5 Å². The minimum absolute atomic E-state index is 0.300. The first-order valence-corrected chi connectivity index (χ1v) is 3.54. The van der Waals surface area contributed by atoms with Gasteiger partial charge >= 0.3 is 0 Å². The summed E-state index contributed by atoms with van der Waals surface area (Å²) in [5.74, 6) is 0.660. The Morgan fingerprint density at radius 1 is 1.56 bits per heavy atom. The lowest BCUT2D eigenvalue weighted by Crippen LogP contribution is -2.56. The molecule has 1 rings (SSSR count). The second-order valence-corrected chi connectivity index (χ2v) is 3.60. The Morgan fingerprint density at radius 3 is 2.22 bits per heavy atom. The van der Waals surface area contributed by atoms with E-state index in [0.29, 0.717) is 17.4 Å². The van der Waals surface area contributed by atoms with Crippen LogP contribution in [0.2, 0.25) is 0 Å². The summed E-state index contributed by atoms with van der Waals surface area (Å²) in [6.07, 6.45) is 1.11. The molecular formula is C7H16N2. The van der Waals surface area contributed by atoms with Crippen LogP contribution in [0.5, 0.6) is 0 Å². The predicted molar refractivity (Wildman–Crippen MR) is 38.9 cm³/mol. The zero-order valence-electron chi connectivity index (χ0n) is 6.22. The summed E-state index contributed by atoms with van der Waals surface area (Å²) < 4.78 is 0. The van der Waals surface area contributed by atoms with E-state index in [4.69, 9.17) is 11.5 Å². The lowest BCUT2D eigenvalue weighted by Gasteiger charge is -2.50. The molecular weight excluding hydrogens is 112 g/mol. The van der Waals surface area contributed by atoms with Crippen LogP contribution in [0.1, 0.15) is 20.3 Å². The van der Waals surface area contributed by atoms with Gasteiger partial charge in [0.1, 0.15) is 0 Å². The van der Waals surface area contributed by atoms with Crippen molar-refractivity contribution in [1.82, 2.24) is 0 Å². The van der Waals surface area contributed by atoms with Crippen LogP contribution >= 0.6 is 0 Å². The third kappa shape index (κ3) is 0.864. The van der Waals surface area contributed by atoms with E-state index in [2.05, 4.69) is 13.8 Å². The van der Waals surface area contributed by atoms with Crippen molar-refractivity contribution in [3.05, 3.63) is 0 Å². The Kier molecular flexibility index (Phi) is 1.53. The van der Waals surface area contributed by atoms with Crippen LogP contribution in [-0.4, -0.2) is 12.6 Å². The molecule has 1 fully saturated rings. The molecule has 4 N–H and O–H groups in total. The van der Waals surface area contributed by atoms with Gasteiger partial charge in [-0.15, -0.1) is 0 Å². The van der Waals surface area contributed by atoms with Crippen LogP contribution in [0.3, 0.4) is 0 Å². The molecule has 2 heteroatoms. The van der Waals surface area contributed by atoms with Gasteiger partial charge in [0.2, 0.25) is 0 Å². The van der Waals surface area contributed by atoms with Crippen LogP contribution in [0, 0.1) is 11.3 Å². The van der Waals surface area contributed by atoms with Crippen molar-refractivity contribution in [3.8, 4) is 0 Å². The monoisotopic (exact) mass is 128 g/mol. The third-order valence-electron chi connectivity index (χ3n) is 2.83. The average molecular weight is 128 g/mol. The molecule has 0 heterocycles. The summed E-state index contributed by atoms with van der Waals surface area (Å²) in [6.45, 7) is 5.18. The molecule has 1 aliphatic carbocycles. The van der Waals surface area contributed by atoms with E-state index in [1.54, 1.807) is 0 Å². The lowest BCUT2D eigenvalue weighted by atomic mass is 9.59. The molecule has 0 aromatic carbocycles. The van der Waals surface area contributed by atoms with Crippen molar-refractivity contribution < 1.29 is 0 Å². The highest BCUT2D eigenvalue weighted by molar-refractivity contribution is 4.99. The summed E-state index contributed by atoms with van der Waals surface area (Å²) in [5.41, 5.74) is 11.6. The van der Waals surface area contributed by atoms with E-state index in [1.807, 2.05) is 0 Å². The fourth-order valence-electron chi connectivity index (χ4n) is 1.46. The molecule has 2 nitrogen and oxygen atoms in total. The summed E-state index contributed by atoms with van der Waals surface area (Å²) >= 11 is 0. The van der Waals surface area contributed by atoms with E-state index < -0.39 is 0 Å². The number of nitrogens with two attached hydrogens (primary N) is 2. The minimum Gasteiger partial charge on any atom is -0.330 e. The Balaban J connectivity index is 2.48. The summed E-state index contributed by atoms with van der Waals surface area (Å²) in [5, 5.41) is 0. The van der Waals surface area contributed by atoms with Crippen molar-refractivity contribution in [2.45, 2.75) is 26.3 Å². The molecule has 0 aromatic rings. The van der Waals surface area contributed by atoms with Gasteiger partial charge in [-0.25, -0.2) is 0 Å². The van der Waals surface area contributed by atoms with Gasteiger partial charge in [0.25, 0.3) is 0 Å². The highest BCUT2D eigenvalue weighted by Gasteiger charge is 2.44. The number of rotatable bonds is 1. The highest BCUT2D eigenvalue weighted by atomic mass is 14.8. The molecule has 54 valence electrons. The predicted octanol–water partition coefficient (Wildman–Crippen LogP) is 0.319. The minimum atomic E-state index is 0.300. The standard InChI is InChI=1S/C7H16N2/c1-7(2)5(4-8)3-6(7)9/h5-6H,3-4,8-9H2,1-2H3/t5-,6+/m1/s1. The molecule has 2 atom stereocenters. The van der Waals surface area contributed by atoms with Crippen molar-refractivity contribution in [1.29, 1.82) is 0 Å². The Morgan fingerprint density at radius 2 is 2.11 bits per heavy atom. The molecule has 0 bridgehead atoms. The van der Waals surface area contributed by atoms with Gasteiger partial charge in [0, 0.05) is 6.04 Å². The van der Waals surface area contributed by atoms with Crippen LogP contribution in [0.15, 0.2) is 0 Å². The smallest absolute Gasteiger partial charge is 0.00967 e. The maximum absolute atomic E-state index is 5.77. The second-order valence-electron chi connectivity index (χ2n) is 3.60. The van der Waals surface area contributed by atoms with E-state index in [-0.39, 0.29) is 0 Å². The van der Waals surface area contributed by atoms with Crippen molar-refractivity contribution >= 4 is 0 Å². The molecule has 0 radical (unpaired) electrons. The summed E-state index contributed by atoms with van der Waals surface area (Å²) in [4.78, 5) is 0. The maximum Gasteiger partial charge on any atom is 0.00967 e. The first-order valence-electron chi connectivity index (χ1n) is 3.54. The third-order valence-corrected chi connectivity index (χ3v) is 2.83. The fraction of sp³-hybridized carbons (Fsp3) is 1.00. The molecule has 1 aliphatic rings. The Labute approximate surface area is 56.6 Å². The zero-order valence-corrected chi connectivity index (χ0v) is 6.22. The van der Waals surface area contributed by atoms with Gasteiger partial charge in [0.15, 0.2) is 0 Å². The maximum atomic E-state index is 5.77. The van der Waals surface area contributed by atoms with Gasteiger partial charge in [-0.1, -0.05) is 13.8 Å². The topological polar surface area (TPSA) is 52.0 Å². The van der Waals surface area contributed by atoms with Crippen LogP contribution in [-0.2, 0) is 0 Å². The van der Waals surface area contributed by atoms with Crippen molar-refractivity contribution in [2.24, 2.45) is 22.8 Å². The molecule has 0 amide bonds. The van der Waals surface area contributed by atoms with Crippen molar-refractivity contribution in [3.63, 3.8) is 0 Å². The first-order chi connectivity index (χ1) is 4.09. The molecule has 0 saturated heterocycles. The van der Waals surface area contributed by atoms with Gasteiger partial charge in [0.05, 0.1) is 0 Å². The molecule has 0 spiro atoms. The van der Waals surface area contributed by atoms with E-state index in [1.165, 1.54) is 0 Å². The van der Waals surface area contributed by atoms with Crippen LogP contribution in [0.25, 0.3) is 0 Å². The Bertz CT molecular complexity index is 109. The first kappa shape index (κ1) is 7.03. The lowest BCUT2D eigenvalue weighted by molar-refractivity contribution is 0.0449. The quantitative estimate of drug-likeness (QED) is 0.534.